The highest BCUT2D eigenvalue weighted by Crippen LogP contribution is 2.47. The molecule has 0 aliphatic carbocycles. The highest BCUT2D eigenvalue weighted by atomic mass is 15.2. The van der Waals surface area contributed by atoms with Gasteiger partial charge in [-0.2, -0.15) is 0 Å². The van der Waals surface area contributed by atoms with Crippen LogP contribution in [-0.2, 0) is 0 Å². The lowest BCUT2D eigenvalue weighted by Gasteiger charge is -2.13. The number of fused-ring (bicyclic) bond motifs is 14. The molecule has 0 aliphatic heterocycles. The summed E-state index contributed by atoms with van der Waals surface area (Å²) in [7, 11) is 0. The Labute approximate surface area is 285 Å². The maximum atomic E-state index is 5.49. The molecular weight excluding hydrogens is 609 g/mol. The average Bonchev–Trinajstić information content (AvgIpc) is 3.81. The van der Waals surface area contributed by atoms with Crippen molar-refractivity contribution in [2.75, 3.05) is 0 Å². The summed E-state index contributed by atoms with van der Waals surface area (Å²) >= 11 is 0. The number of benzene rings is 8. The first-order chi connectivity index (χ1) is 24.8. The normalized spacial score (nSPS) is 12.4. The number of hydrogen-bond acceptors (Lipinski definition) is 2. The van der Waals surface area contributed by atoms with Gasteiger partial charge in [0.15, 0.2) is 0 Å². The first-order valence-electron chi connectivity index (χ1n) is 17.1. The zero-order valence-corrected chi connectivity index (χ0v) is 26.8. The van der Waals surface area contributed by atoms with Crippen molar-refractivity contribution in [3.05, 3.63) is 158 Å². The first-order valence-corrected chi connectivity index (χ1v) is 17.1. The second kappa shape index (κ2) is 9.43. The van der Waals surface area contributed by atoms with Gasteiger partial charge in [0.25, 0.3) is 0 Å². The molecule has 0 radical (unpaired) electrons. The summed E-state index contributed by atoms with van der Waals surface area (Å²) in [5.74, 6) is 0.671. The topological polar surface area (TPSA) is 35.1 Å². The molecule has 0 spiro atoms. The molecule has 0 atom stereocenters. The summed E-state index contributed by atoms with van der Waals surface area (Å²) in [6.07, 6.45) is 0. The molecule has 4 nitrogen and oxygen atoms in total. The van der Waals surface area contributed by atoms with Crippen molar-refractivity contribution in [3.8, 4) is 17.2 Å². The third kappa shape index (κ3) is 3.25. The summed E-state index contributed by atoms with van der Waals surface area (Å²) in [4.78, 5) is 10.8. The van der Waals surface area contributed by atoms with Crippen molar-refractivity contribution >= 4 is 92.3 Å². The van der Waals surface area contributed by atoms with E-state index in [0.29, 0.717) is 5.95 Å². The third-order valence-electron chi connectivity index (χ3n) is 10.8. The maximum absolute atomic E-state index is 5.49. The van der Waals surface area contributed by atoms with Crippen LogP contribution in [0.4, 0.5) is 0 Å². The van der Waals surface area contributed by atoms with Crippen LogP contribution in [0.1, 0.15) is 0 Å². The van der Waals surface area contributed by atoms with Gasteiger partial charge >= 0.3 is 0 Å². The van der Waals surface area contributed by atoms with Gasteiger partial charge in [-0.1, -0.05) is 133 Å². The van der Waals surface area contributed by atoms with Gasteiger partial charge in [0, 0.05) is 48.7 Å². The zero-order valence-electron chi connectivity index (χ0n) is 26.8. The maximum Gasteiger partial charge on any atom is 0.235 e. The van der Waals surface area contributed by atoms with Crippen LogP contribution in [-0.4, -0.2) is 18.9 Å². The third-order valence-corrected chi connectivity index (χ3v) is 10.8. The molecule has 4 heteroatoms. The van der Waals surface area contributed by atoms with E-state index in [9.17, 15) is 0 Å². The molecule has 0 N–H and O–H groups in total. The van der Waals surface area contributed by atoms with Crippen molar-refractivity contribution in [2.24, 2.45) is 0 Å². The first kappa shape index (κ1) is 26.2. The van der Waals surface area contributed by atoms with Crippen LogP contribution in [0.5, 0.6) is 0 Å². The van der Waals surface area contributed by atoms with Gasteiger partial charge in [-0.15, -0.1) is 0 Å². The van der Waals surface area contributed by atoms with Crippen LogP contribution in [0.15, 0.2) is 158 Å². The molecule has 0 saturated heterocycles. The minimum absolute atomic E-state index is 0.671. The highest BCUT2D eigenvalue weighted by Gasteiger charge is 2.26. The van der Waals surface area contributed by atoms with Gasteiger partial charge in [0.05, 0.1) is 38.8 Å². The monoisotopic (exact) mass is 634 g/mol. The van der Waals surface area contributed by atoms with Crippen molar-refractivity contribution < 1.29 is 0 Å². The molecule has 50 heavy (non-hydrogen) atoms. The molecule has 230 valence electrons. The smallest absolute Gasteiger partial charge is 0.235 e. The van der Waals surface area contributed by atoms with Crippen LogP contribution in [0.3, 0.4) is 0 Å². The second-order valence-corrected chi connectivity index (χ2v) is 13.3. The summed E-state index contributed by atoms with van der Waals surface area (Å²) in [5.41, 5.74) is 8.92. The number of nitrogens with zero attached hydrogens (tertiary/aromatic N) is 4. The molecule has 0 aliphatic rings. The van der Waals surface area contributed by atoms with E-state index in [1.807, 2.05) is 0 Å². The SMILES string of the molecule is c1ccc2c(-c3nc(-n4c5ccccc5c5c6c7ccccc7n7c8c9ccccc9ccc8c(cc54)c67)nc4ccccc34)cccc2c1. The van der Waals surface area contributed by atoms with Gasteiger partial charge in [0.1, 0.15) is 0 Å². The predicted molar refractivity (Wildman–Crippen MR) is 209 cm³/mol. The van der Waals surface area contributed by atoms with Gasteiger partial charge < -0.3 is 4.40 Å². The minimum atomic E-state index is 0.671. The lowest BCUT2D eigenvalue weighted by molar-refractivity contribution is 1.01. The van der Waals surface area contributed by atoms with E-state index in [-0.39, 0.29) is 0 Å². The van der Waals surface area contributed by atoms with Gasteiger partial charge in [-0.25, -0.2) is 9.97 Å². The Bertz CT molecular complexity index is 3380. The molecule has 0 unspecified atom stereocenters. The Balaban J connectivity index is 1.30. The molecule has 12 aromatic rings. The largest absolute Gasteiger partial charge is 0.307 e. The number of hydrogen-bond donors (Lipinski definition) is 0. The van der Waals surface area contributed by atoms with Crippen molar-refractivity contribution in [2.45, 2.75) is 0 Å². The molecule has 8 aromatic carbocycles. The number of para-hydroxylation sites is 3. The van der Waals surface area contributed by atoms with Crippen LogP contribution in [0.25, 0.3) is 110 Å². The fraction of sp³-hybridized carbons (Fsp3) is 0. The minimum Gasteiger partial charge on any atom is -0.307 e. The molecule has 0 saturated carbocycles. The summed E-state index contributed by atoms with van der Waals surface area (Å²) < 4.78 is 4.81. The van der Waals surface area contributed by atoms with E-state index < -0.39 is 0 Å². The van der Waals surface area contributed by atoms with Crippen LogP contribution in [0, 0.1) is 0 Å². The van der Waals surface area contributed by atoms with E-state index in [0.717, 1.165) is 33.2 Å². The van der Waals surface area contributed by atoms with Crippen molar-refractivity contribution in [1.82, 2.24) is 18.9 Å². The van der Waals surface area contributed by atoms with Gasteiger partial charge in [-0.3, -0.25) is 4.57 Å². The van der Waals surface area contributed by atoms with E-state index in [2.05, 4.69) is 167 Å². The molecule has 0 fully saturated rings. The highest BCUT2D eigenvalue weighted by molar-refractivity contribution is 6.37. The molecule has 12 rings (SSSR count). The Kier molecular flexibility index (Phi) is 4.94. The Morgan fingerprint density at radius 2 is 1.02 bits per heavy atom. The van der Waals surface area contributed by atoms with Gasteiger partial charge in [-0.05, 0) is 40.4 Å². The van der Waals surface area contributed by atoms with Crippen LogP contribution < -0.4 is 0 Å². The summed E-state index contributed by atoms with van der Waals surface area (Å²) in [6, 6.07) is 56.8. The Morgan fingerprint density at radius 1 is 0.380 bits per heavy atom. The molecule has 4 aromatic heterocycles. The summed E-state index contributed by atoms with van der Waals surface area (Å²) in [5, 5.41) is 13.4. The van der Waals surface area contributed by atoms with E-state index in [4.69, 9.17) is 9.97 Å². The Hall–Kier alpha value is -6.78. The fourth-order valence-corrected chi connectivity index (χ4v) is 8.78. The lowest BCUT2D eigenvalue weighted by atomic mass is 9.99. The average molecular weight is 635 g/mol. The molecule has 4 heterocycles. The predicted octanol–water partition coefficient (Wildman–Crippen LogP) is 11.9. The summed E-state index contributed by atoms with van der Waals surface area (Å²) in [6.45, 7) is 0. The second-order valence-electron chi connectivity index (χ2n) is 13.3. The fourth-order valence-electron chi connectivity index (χ4n) is 8.78. The quantitative estimate of drug-likeness (QED) is 0.190. The van der Waals surface area contributed by atoms with Crippen LogP contribution in [0.2, 0.25) is 0 Å². The molecule has 0 amide bonds. The van der Waals surface area contributed by atoms with E-state index >= 15 is 0 Å². The van der Waals surface area contributed by atoms with Crippen LogP contribution >= 0.6 is 0 Å². The molecular formula is C46H26N4. The van der Waals surface area contributed by atoms with Gasteiger partial charge in [0.2, 0.25) is 5.95 Å². The van der Waals surface area contributed by atoms with Crippen molar-refractivity contribution in [3.63, 3.8) is 0 Å². The van der Waals surface area contributed by atoms with E-state index in [1.54, 1.807) is 0 Å². The lowest BCUT2D eigenvalue weighted by Crippen LogP contribution is -2.03. The van der Waals surface area contributed by atoms with E-state index in [1.165, 1.54) is 70.4 Å². The number of rotatable bonds is 2. The Morgan fingerprint density at radius 3 is 1.86 bits per heavy atom. The van der Waals surface area contributed by atoms with Crippen molar-refractivity contribution in [1.29, 1.82) is 0 Å². The molecule has 0 bridgehead atoms. The number of aromatic nitrogens is 4. The standard InChI is InChI=1S/C46H26N4/c1-3-15-29-27(12-1)14-11-20-31(29)43-33-17-5-8-21-37(33)47-46(48-43)49-38-22-9-6-18-34(38)41-40(49)26-36-32-25-24-28-13-2-4-16-30(28)44(32)50-39-23-10-7-19-35(39)42(41)45(36)50/h1-26H. The zero-order chi connectivity index (χ0) is 32.5.